The first-order valence-corrected chi connectivity index (χ1v) is 18.8. The van der Waals surface area contributed by atoms with Crippen molar-refractivity contribution in [3.8, 4) is 28.5 Å². The Balaban J connectivity index is 0.00000242. The van der Waals surface area contributed by atoms with E-state index in [-0.39, 0.29) is 54.9 Å². The first kappa shape index (κ1) is 39.7. The van der Waals surface area contributed by atoms with Gasteiger partial charge in [0.2, 0.25) is 0 Å². The number of pyridine rings is 2. The van der Waals surface area contributed by atoms with Gasteiger partial charge in [-0.15, -0.1) is 64.8 Å². The van der Waals surface area contributed by atoms with Gasteiger partial charge in [-0.05, 0) is 23.5 Å². The topological polar surface area (TPSA) is 69.4 Å². The maximum Gasteiger partial charge on any atom is 2.00 e. The molecule has 0 aliphatic carbocycles. The van der Waals surface area contributed by atoms with Gasteiger partial charge in [0.05, 0.1) is 12.4 Å². The van der Waals surface area contributed by atoms with E-state index in [1.807, 2.05) is 65.5 Å². The van der Waals surface area contributed by atoms with Crippen LogP contribution in [0.25, 0.3) is 50.3 Å². The molecule has 0 aliphatic rings. The van der Waals surface area contributed by atoms with E-state index >= 15 is 0 Å². The molecule has 10 aromatic rings. The molecule has 0 radical (unpaired) electrons. The molecule has 4 heterocycles. The number of nitrogens with zero attached hydrogens (tertiary/aromatic N) is 6. The smallest absolute Gasteiger partial charge is 0.327 e. The zero-order valence-electron chi connectivity index (χ0n) is 31.3. The van der Waals surface area contributed by atoms with Crippen molar-refractivity contribution in [1.29, 1.82) is 0 Å². The number of aromatic nitrogens is 6. The molecule has 4 aromatic heterocycles. The fourth-order valence-corrected chi connectivity index (χ4v) is 7.77. The van der Waals surface area contributed by atoms with E-state index in [9.17, 15) is 0 Å². The Morgan fingerprint density at radius 1 is 0.407 bits per heavy atom. The van der Waals surface area contributed by atoms with Crippen molar-refractivity contribution in [2.75, 3.05) is 0 Å². The minimum Gasteiger partial charge on any atom is -0.327 e. The molecule has 6 aromatic carbocycles. The molecule has 0 aliphatic heterocycles. The SMILES string of the molecule is [Pd+2].[Pt+2].[c-]1c(B(c2[c-]c3c(cc2)c2ccc(B(c4[c-]c(-c5ccccn5)ccc4)c4ccccc4)[c-]c2n3-c2nccnn2)c2ccccc2)cccc1-c1ccccn1. The molecule has 0 N–H and O–H groups in total. The van der Waals surface area contributed by atoms with Crippen LogP contribution < -0.4 is 32.8 Å². The average molecular weight is 1030 g/mol. The van der Waals surface area contributed by atoms with Crippen molar-refractivity contribution >= 4 is 68.0 Å². The van der Waals surface area contributed by atoms with E-state index in [1.165, 1.54) is 0 Å². The van der Waals surface area contributed by atoms with Crippen LogP contribution in [0.2, 0.25) is 0 Å². The first-order chi connectivity index (χ1) is 28.3. The van der Waals surface area contributed by atoms with Gasteiger partial charge in [0.15, 0.2) is 13.4 Å². The maximum absolute atomic E-state index is 4.72. The fraction of sp³-hybridized carbons (Fsp3) is 0. The van der Waals surface area contributed by atoms with Crippen molar-refractivity contribution in [1.82, 2.24) is 29.7 Å². The van der Waals surface area contributed by atoms with Crippen LogP contribution in [0.5, 0.6) is 0 Å². The molecule has 0 saturated heterocycles. The monoisotopic (exact) mass is 1030 g/mol. The third-order valence-electron chi connectivity index (χ3n) is 10.3. The third kappa shape index (κ3) is 7.90. The van der Waals surface area contributed by atoms with Crippen LogP contribution in [0, 0.1) is 24.3 Å². The molecule has 6 nitrogen and oxygen atoms in total. The summed E-state index contributed by atoms with van der Waals surface area (Å²) >= 11 is 0. The summed E-state index contributed by atoms with van der Waals surface area (Å²) in [4.78, 5) is 13.9. The number of benzene rings is 6. The minimum atomic E-state index is -0.163. The molecule has 0 bridgehead atoms. The summed E-state index contributed by atoms with van der Waals surface area (Å²) in [7, 11) is 0. The molecule has 10 rings (SSSR count). The Hall–Kier alpha value is -6.09. The second kappa shape index (κ2) is 17.8. The molecule has 0 unspecified atom stereocenters. The summed E-state index contributed by atoms with van der Waals surface area (Å²) in [5.41, 5.74) is 11.6. The van der Waals surface area contributed by atoms with Gasteiger partial charge in [0, 0.05) is 12.4 Å². The molecule has 0 spiro atoms. The predicted molar refractivity (Wildman–Crippen MR) is 231 cm³/mol. The van der Waals surface area contributed by atoms with Gasteiger partial charge in [0.25, 0.3) is 5.95 Å². The molecular formula is C49H30B2N6PdPt. The number of hydrogen-bond acceptors (Lipinski definition) is 5. The Morgan fingerprint density at radius 2 is 0.881 bits per heavy atom. The van der Waals surface area contributed by atoms with Crippen LogP contribution in [0.15, 0.2) is 183 Å². The van der Waals surface area contributed by atoms with Gasteiger partial charge in [-0.1, -0.05) is 107 Å². The van der Waals surface area contributed by atoms with E-state index in [0.717, 1.165) is 77.1 Å². The van der Waals surface area contributed by atoms with E-state index in [4.69, 9.17) is 4.98 Å². The summed E-state index contributed by atoms with van der Waals surface area (Å²) in [5, 5.41) is 10.8. The van der Waals surface area contributed by atoms with Crippen LogP contribution in [0.3, 0.4) is 0 Å². The van der Waals surface area contributed by atoms with Gasteiger partial charge in [0.1, 0.15) is 0 Å². The molecule has 0 atom stereocenters. The van der Waals surface area contributed by atoms with Crippen LogP contribution in [-0.4, -0.2) is 43.1 Å². The largest absolute Gasteiger partial charge is 2.00 e. The average Bonchev–Trinajstić information content (AvgIpc) is 3.61. The molecule has 59 heavy (non-hydrogen) atoms. The fourth-order valence-electron chi connectivity index (χ4n) is 7.77. The minimum absolute atomic E-state index is 0. The number of fused-ring (bicyclic) bond motifs is 3. The molecule has 0 saturated carbocycles. The maximum atomic E-state index is 4.72. The van der Waals surface area contributed by atoms with Crippen LogP contribution in [0.4, 0.5) is 0 Å². The summed E-state index contributed by atoms with van der Waals surface area (Å²) < 4.78 is 2.04. The Kier molecular flexibility index (Phi) is 12.0. The van der Waals surface area contributed by atoms with Crippen molar-refractivity contribution in [2.45, 2.75) is 0 Å². The van der Waals surface area contributed by atoms with E-state index in [1.54, 1.807) is 12.4 Å². The van der Waals surface area contributed by atoms with Crippen molar-refractivity contribution < 1.29 is 41.5 Å². The summed E-state index contributed by atoms with van der Waals surface area (Å²) in [5.74, 6) is 0.444. The molecule has 0 fully saturated rings. The summed E-state index contributed by atoms with van der Waals surface area (Å²) in [6, 6.07) is 69.3. The molecule has 282 valence electrons. The Bertz CT molecular complexity index is 2790. The van der Waals surface area contributed by atoms with Crippen molar-refractivity contribution in [3.63, 3.8) is 0 Å². The van der Waals surface area contributed by atoms with Crippen LogP contribution in [0.1, 0.15) is 0 Å². The number of hydrogen-bond donors (Lipinski definition) is 0. The van der Waals surface area contributed by atoms with Gasteiger partial charge >= 0.3 is 41.5 Å². The predicted octanol–water partition coefficient (Wildman–Crippen LogP) is 5.32. The molecular weight excluding hydrogens is 996 g/mol. The normalized spacial score (nSPS) is 10.8. The first-order valence-electron chi connectivity index (χ1n) is 18.8. The Morgan fingerprint density at radius 3 is 1.32 bits per heavy atom. The van der Waals surface area contributed by atoms with Crippen molar-refractivity contribution in [3.05, 3.63) is 207 Å². The van der Waals surface area contributed by atoms with Gasteiger partial charge in [-0.25, -0.2) is 4.98 Å². The number of rotatable bonds is 9. The van der Waals surface area contributed by atoms with Gasteiger partial charge in [-0.2, -0.15) is 74.1 Å². The second-order valence-electron chi connectivity index (χ2n) is 13.8. The second-order valence-corrected chi connectivity index (χ2v) is 13.8. The standard InChI is InChI=1S/C49H30B2N6.Pd.Pt/c1-3-15-37(16-4-1)50(39-19-11-13-35(31-39)45-21-7-9-27-52-45)41-23-25-43-44-26-24-42(34-48(44)57(47(43)33-41)49-54-29-30-55-56-49)51(38-17-5-2-6-18-38)40-20-12-14-36(32-40)46-22-8-10-28-53-46;;/h1-30H;;/q-4;2*+2. The van der Waals surface area contributed by atoms with Crippen molar-refractivity contribution in [2.24, 2.45) is 0 Å². The van der Waals surface area contributed by atoms with Crippen LogP contribution >= 0.6 is 0 Å². The summed E-state index contributed by atoms with van der Waals surface area (Å²) in [6.45, 7) is -0.325. The molecule has 10 heteroatoms. The zero-order chi connectivity index (χ0) is 38.0. The van der Waals surface area contributed by atoms with E-state index < -0.39 is 0 Å². The summed E-state index contributed by atoms with van der Waals surface area (Å²) in [6.07, 6.45) is 6.89. The van der Waals surface area contributed by atoms with Gasteiger partial charge in [-0.3, -0.25) is 0 Å². The van der Waals surface area contributed by atoms with Crippen LogP contribution in [-0.2, 0) is 41.5 Å². The zero-order valence-corrected chi connectivity index (χ0v) is 35.1. The van der Waals surface area contributed by atoms with Gasteiger partial charge < -0.3 is 14.5 Å². The van der Waals surface area contributed by atoms with E-state index in [2.05, 4.69) is 154 Å². The molecule has 0 amide bonds. The van der Waals surface area contributed by atoms with E-state index in [0.29, 0.717) is 5.95 Å². The Labute approximate surface area is 371 Å². The third-order valence-corrected chi connectivity index (χ3v) is 10.3. The quantitative estimate of drug-likeness (QED) is 0.145.